The number of likely N-dealkylation sites (tertiary alicyclic amines) is 1. The molecule has 0 bridgehead atoms. The quantitative estimate of drug-likeness (QED) is 0.636. The Balaban J connectivity index is 1.23. The van der Waals surface area contributed by atoms with Crippen molar-refractivity contribution in [3.8, 4) is 5.75 Å². The molecule has 1 saturated heterocycles. The van der Waals surface area contributed by atoms with Crippen molar-refractivity contribution in [3.63, 3.8) is 0 Å². The van der Waals surface area contributed by atoms with Crippen LogP contribution in [0.3, 0.4) is 0 Å². The maximum Gasteiger partial charge on any atom is 0.410 e. The van der Waals surface area contributed by atoms with E-state index in [0.29, 0.717) is 31.5 Å². The molecule has 1 saturated carbocycles. The number of hydrogen-bond acceptors (Lipinski definition) is 4. The first kappa shape index (κ1) is 23.4. The molecule has 1 heterocycles. The summed E-state index contributed by atoms with van der Waals surface area (Å²) in [5.74, 6) is 1.54. The summed E-state index contributed by atoms with van der Waals surface area (Å²) in [4.78, 5) is 26.9. The molecule has 0 aromatic heterocycles. The second kappa shape index (κ2) is 10.4. The first-order chi connectivity index (χ1) is 16.0. The first-order valence-corrected chi connectivity index (χ1v) is 12.2. The van der Waals surface area contributed by atoms with Crippen LogP contribution in [0.1, 0.15) is 63.0 Å². The molecule has 1 aromatic carbocycles. The van der Waals surface area contributed by atoms with Crippen molar-refractivity contribution in [2.75, 3.05) is 20.2 Å². The van der Waals surface area contributed by atoms with E-state index in [4.69, 9.17) is 9.47 Å². The van der Waals surface area contributed by atoms with Gasteiger partial charge < -0.3 is 19.7 Å². The van der Waals surface area contributed by atoms with Gasteiger partial charge in [-0.05, 0) is 47.4 Å². The second-order valence-corrected chi connectivity index (χ2v) is 9.74. The largest absolute Gasteiger partial charge is 0.496 e. The number of benzene rings is 1. The summed E-state index contributed by atoms with van der Waals surface area (Å²) >= 11 is 0. The van der Waals surface area contributed by atoms with Crippen molar-refractivity contribution in [1.82, 2.24) is 10.2 Å². The van der Waals surface area contributed by atoms with E-state index in [2.05, 4.69) is 43.5 Å². The maximum atomic E-state index is 12.7. The molecule has 0 radical (unpaired) electrons. The fraction of sp³-hybridized carbons (Fsp3) is 0.556. The number of carbonyl (C=O) groups is 2. The van der Waals surface area contributed by atoms with Crippen molar-refractivity contribution >= 4 is 12.0 Å². The van der Waals surface area contributed by atoms with Crippen LogP contribution < -0.4 is 10.1 Å². The third kappa shape index (κ3) is 5.43. The Morgan fingerprint density at radius 1 is 1.18 bits per heavy atom. The van der Waals surface area contributed by atoms with Gasteiger partial charge in [0.05, 0.1) is 13.0 Å². The minimum atomic E-state index is -0.308. The highest BCUT2D eigenvalue weighted by Crippen LogP contribution is 2.36. The molecule has 0 spiro atoms. The molecule has 6 nitrogen and oxygen atoms in total. The van der Waals surface area contributed by atoms with E-state index in [-0.39, 0.29) is 24.0 Å². The highest BCUT2D eigenvalue weighted by Gasteiger charge is 2.38. The van der Waals surface area contributed by atoms with E-state index in [1.807, 2.05) is 12.1 Å². The van der Waals surface area contributed by atoms with Gasteiger partial charge in [-0.15, -0.1) is 0 Å². The molecule has 1 aromatic rings. The van der Waals surface area contributed by atoms with Crippen molar-refractivity contribution in [2.24, 2.45) is 11.8 Å². The number of nitrogens with zero attached hydrogens (tertiary/aromatic N) is 1. The predicted octanol–water partition coefficient (Wildman–Crippen LogP) is 4.95. The number of carbonyl (C=O) groups excluding carboxylic acids is 2. The van der Waals surface area contributed by atoms with Crippen LogP contribution >= 0.6 is 0 Å². The number of allylic oxidation sites excluding steroid dienone is 2. The number of rotatable bonds is 7. The van der Waals surface area contributed by atoms with E-state index >= 15 is 0 Å². The Bertz CT molecular complexity index is 924. The molecule has 2 aliphatic carbocycles. The van der Waals surface area contributed by atoms with Gasteiger partial charge in [0.2, 0.25) is 5.91 Å². The number of ether oxygens (including phenoxy) is 2. The standard InChI is InChI=1S/C27H36N2O4/c1-18(2)22-13-12-19(14-25(22)32-3)15-28-26(30)21-16-29(17-21)27(31)33-24-11-7-6-10-23(24)20-8-4-5-9-20/h6-7,10,12-14,18,20-21,24H,4-5,8-9,11,15-17H2,1-3H3,(H,28,30). The van der Waals surface area contributed by atoms with Gasteiger partial charge >= 0.3 is 6.09 Å². The third-order valence-corrected chi connectivity index (χ3v) is 7.11. The van der Waals surface area contributed by atoms with Gasteiger partial charge in [-0.1, -0.05) is 57.0 Å². The summed E-state index contributed by atoms with van der Waals surface area (Å²) < 4.78 is 11.4. The summed E-state index contributed by atoms with van der Waals surface area (Å²) in [6, 6.07) is 6.06. The monoisotopic (exact) mass is 452 g/mol. The van der Waals surface area contributed by atoms with Gasteiger partial charge in [0.25, 0.3) is 0 Å². The highest BCUT2D eigenvalue weighted by molar-refractivity contribution is 5.82. The second-order valence-electron chi connectivity index (χ2n) is 9.74. The summed E-state index contributed by atoms with van der Waals surface area (Å²) in [6.45, 7) is 5.52. The van der Waals surface area contributed by atoms with Gasteiger partial charge in [0.1, 0.15) is 11.9 Å². The van der Waals surface area contributed by atoms with Crippen LogP contribution in [0.4, 0.5) is 4.79 Å². The van der Waals surface area contributed by atoms with Gasteiger partial charge in [0, 0.05) is 26.1 Å². The van der Waals surface area contributed by atoms with Gasteiger partial charge in [-0.3, -0.25) is 4.79 Å². The highest BCUT2D eigenvalue weighted by atomic mass is 16.6. The summed E-state index contributed by atoms with van der Waals surface area (Å²) in [7, 11) is 1.67. The van der Waals surface area contributed by atoms with Crippen LogP contribution in [0.5, 0.6) is 5.75 Å². The van der Waals surface area contributed by atoms with Crippen LogP contribution in [0.25, 0.3) is 0 Å². The summed E-state index contributed by atoms with van der Waals surface area (Å²) in [5, 5.41) is 2.99. The lowest BCUT2D eigenvalue weighted by Crippen LogP contribution is -2.56. The Morgan fingerprint density at radius 3 is 2.64 bits per heavy atom. The fourth-order valence-electron chi connectivity index (χ4n) is 5.06. The minimum absolute atomic E-state index is 0.0295. The van der Waals surface area contributed by atoms with Crippen molar-refractivity contribution in [2.45, 2.75) is 64.5 Å². The molecular weight excluding hydrogens is 416 g/mol. The lowest BCUT2D eigenvalue weighted by atomic mass is 9.88. The van der Waals surface area contributed by atoms with Crippen LogP contribution in [0.2, 0.25) is 0 Å². The van der Waals surface area contributed by atoms with E-state index in [1.165, 1.54) is 31.3 Å². The fourth-order valence-corrected chi connectivity index (χ4v) is 5.06. The van der Waals surface area contributed by atoms with Crippen molar-refractivity contribution < 1.29 is 19.1 Å². The van der Waals surface area contributed by atoms with Crippen molar-refractivity contribution in [1.29, 1.82) is 0 Å². The van der Waals surface area contributed by atoms with Gasteiger partial charge in [0.15, 0.2) is 0 Å². The lowest BCUT2D eigenvalue weighted by molar-refractivity contribution is -0.129. The average Bonchev–Trinajstić information content (AvgIpc) is 3.31. The van der Waals surface area contributed by atoms with Gasteiger partial charge in [-0.2, -0.15) is 0 Å². The van der Waals surface area contributed by atoms with E-state index in [0.717, 1.165) is 23.3 Å². The Morgan fingerprint density at radius 2 is 1.94 bits per heavy atom. The minimum Gasteiger partial charge on any atom is -0.496 e. The van der Waals surface area contributed by atoms with Crippen LogP contribution in [-0.4, -0.2) is 43.2 Å². The van der Waals surface area contributed by atoms with E-state index in [1.54, 1.807) is 12.0 Å². The molecule has 178 valence electrons. The number of methoxy groups -OCH3 is 1. The zero-order chi connectivity index (χ0) is 23.4. The number of hydrogen-bond donors (Lipinski definition) is 1. The summed E-state index contributed by atoms with van der Waals surface area (Å²) in [5.41, 5.74) is 3.41. The van der Waals surface area contributed by atoms with Crippen LogP contribution in [-0.2, 0) is 16.1 Å². The molecule has 2 fully saturated rings. The molecule has 33 heavy (non-hydrogen) atoms. The number of nitrogens with one attached hydrogen (secondary N) is 1. The average molecular weight is 453 g/mol. The molecule has 1 aliphatic heterocycles. The first-order valence-electron chi connectivity index (χ1n) is 12.2. The Hall–Kier alpha value is -2.76. The van der Waals surface area contributed by atoms with Crippen LogP contribution in [0, 0.1) is 11.8 Å². The smallest absolute Gasteiger partial charge is 0.410 e. The zero-order valence-electron chi connectivity index (χ0n) is 20.0. The molecule has 2 amide bonds. The van der Waals surface area contributed by atoms with E-state index in [9.17, 15) is 9.59 Å². The maximum absolute atomic E-state index is 12.7. The molecule has 3 aliphatic rings. The SMILES string of the molecule is COc1cc(CNC(=O)C2CN(C(=O)OC3CC=CC=C3C3CCCC3)C2)ccc1C(C)C. The zero-order valence-corrected chi connectivity index (χ0v) is 20.0. The topological polar surface area (TPSA) is 67.9 Å². The normalized spacial score (nSPS) is 21.0. The molecule has 1 unspecified atom stereocenters. The van der Waals surface area contributed by atoms with Crippen molar-refractivity contribution in [3.05, 3.63) is 53.1 Å². The lowest BCUT2D eigenvalue weighted by Gasteiger charge is -2.38. The number of amides is 2. The Kier molecular flexibility index (Phi) is 7.41. The molecule has 6 heteroatoms. The van der Waals surface area contributed by atoms with Gasteiger partial charge in [-0.25, -0.2) is 4.79 Å². The molecule has 4 rings (SSSR count). The van der Waals surface area contributed by atoms with Crippen LogP contribution in [0.15, 0.2) is 42.0 Å². The Labute approximate surface area is 197 Å². The summed E-state index contributed by atoms with van der Waals surface area (Å²) in [6.07, 6.45) is 11.4. The molecule has 1 N–H and O–H groups in total. The molecular formula is C27H36N2O4. The third-order valence-electron chi connectivity index (χ3n) is 7.11. The van der Waals surface area contributed by atoms with E-state index < -0.39 is 0 Å². The molecule has 1 atom stereocenters. The predicted molar refractivity (Wildman–Crippen MR) is 128 cm³/mol.